The summed E-state index contributed by atoms with van der Waals surface area (Å²) in [6.45, 7) is 3.17. The van der Waals surface area contributed by atoms with Gasteiger partial charge >= 0.3 is 0 Å². The first-order chi connectivity index (χ1) is 14.8. The lowest BCUT2D eigenvalue weighted by Crippen LogP contribution is -2.57. The highest BCUT2D eigenvalue weighted by Gasteiger charge is 2.51. The number of nitrogens with one attached hydrogen (secondary N) is 1. The highest BCUT2D eigenvalue weighted by molar-refractivity contribution is 5.94. The summed E-state index contributed by atoms with van der Waals surface area (Å²) in [4.78, 5) is 28.8. The van der Waals surface area contributed by atoms with Crippen LogP contribution in [0.4, 0.5) is 10.1 Å². The summed E-state index contributed by atoms with van der Waals surface area (Å²) in [6, 6.07) is 11.3. The largest absolute Gasteiger partial charge is 0.464 e. The van der Waals surface area contributed by atoms with Gasteiger partial charge in [0, 0.05) is 42.9 Å². The molecule has 1 unspecified atom stereocenters. The molecule has 2 aromatic carbocycles. The zero-order chi connectivity index (χ0) is 21.8. The van der Waals surface area contributed by atoms with E-state index >= 15 is 0 Å². The Kier molecular flexibility index (Phi) is 4.62. The number of piperazine rings is 1. The van der Waals surface area contributed by atoms with Gasteiger partial charge in [-0.25, -0.2) is 4.39 Å². The second kappa shape index (κ2) is 7.23. The number of aliphatic hydroxyl groups is 1. The number of ether oxygens (including phenoxy) is 1. The highest BCUT2D eigenvalue weighted by Crippen LogP contribution is 2.39. The standard InChI is InChI=1S/C23H24FN3O4/c1-14-13-26(10-11-27(14)22(29)23(30)8-9-23)21(28)16-4-2-15(3-5-16)20-25-18-7-6-17(24)12-19(18)31-20/h2-7,12,14,20,25,30H,8-11,13H2,1H3/t14-,20?/m1/s1. The number of hydrogen-bond donors (Lipinski definition) is 2. The number of carbonyl (C=O) groups excluding carboxylic acids is 2. The fraction of sp³-hybridized carbons (Fsp3) is 0.391. The predicted octanol–water partition coefficient (Wildman–Crippen LogP) is 2.53. The van der Waals surface area contributed by atoms with E-state index in [0.29, 0.717) is 43.8 Å². The number of amides is 2. The predicted molar refractivity (Wildman–Crippen MR) is 111 cm³/mol. The lowest BCUT2D eigenvalue weighted by molar-refractivity contribution is -0.146. The molecule has 2 aliphatic heterocycles. The van der Waals surface area contributed by atoms with Crippen LogP contribution in [0.5, 0.6) is 5.75 Å². The molecule has 0 bridgehead atoms. The monoisotopic (exact) mass is 425 g/mol. The van der Waals surface area contributed by atoms with Crippen LogP contribution in [-0.2, 0) is 4.79 Å². The van der Waals surface area contributed by atoms with E-state index in [1.54, 1.807) is 28.0 Å². The second-order valence-corrected chi connectivity index (χ2v) is 8.54. The van der Waals surface area contributed by atoms with Gasteiger partial charge in [-0.05, 0) is 44.0 Å². The van der Waals surface area contributed by atoms with E-state index in [9.17, 15) is 19.1 Å². The molecule has 0 radical (unpaired) electrons. The maximum atomic E-state index is 13.4. The van der Waals surface area contributed by atoms with E-state index in [4.69, 9.17) is 4.74 Å². The van der Waals surface area contributed by atoms with E-state index in [1.807, 2.05) is 19.1 Å². The Morgan fingerprint density at radius 3 is 2.58 bits per heavy atom. The second-order valence-electron chi connectivity index (χ2n) is 8.54. The highest BCUT2D eigenvalue weighted by atomic mass is 19.1. The molecule has 2 amide bonds. The van der Waals surface area contributed by atoms with Crippen LogP contribution in [0.15, 0.2) is 42.5 Å². The molecule has 2 atom stereocenters. The zero-order valence-electron chi connectivity index (χ0n) is 17.2. The third kappa shape index (κ3) is 3.61. The van der Waals surface area contributed by atoms with Crippen LogP contribution in [0, 0.1) is 5.82 Å². The number of fused-ring (bicyclic) bond motifs is 1. The minimum Gasteiger partial charge on any atom is -0.464 e. The van der Waals surface area contributed by atoms with E-state index < -0.39 is 11.8 Å². The zero-order valence-corrected chi connectivity index (χ0v) is 17.2. The summed E-state index contributed by atoms with van der Waals surface area (Å²) in [5.41, 5.74) is 0.925. The number of anilines is 1. The van der Waals surface area contributed by atoms with Gasteiger partial charge in [0.25, 0.3) is 11.8 Å². The number of nitrogens with zero attached hydrogens (tertiary/aromatic N) is 2. The molecule has 2 heterocycles. The lowest BCUT2D eigenvalue weighted by atomic mass is 10.1. The Labute approximate surface area is 179 Å². The molecule has 0 spiro atoms. The van der Waals surface area contributed by atoms with Crippen LogP contribution >= 0.6 is 0 Å². The van der Waals surface area contributed by atoms with Crippen molar-refractivity contribution in [3.8, 4) is 5.75 Å². The van der Waals surface area contributed by atoms with Crippen LogP contribution in [0.25, 0.3) is 0 Å². The number of carbonyl (C=O) groups is 2. The van der Waals surface area contributed by atoms with Crippen molar-refractivity contribution in [3.05, 3.63) is 59.4 Å². The third-order valence-corrected chi connectivity index (χ3v) is 6.23. The summed E-state index contributed by atoms with van der Waals surface area (Å²) in [6.07, 6.45) is 0.594. The molecule has 1 aliphatic carbocycles. The normalized spacial score (nSPS) is 23.6. The topological polar surface area (TPSA) is 82.1 Å². The van der Waals surface area contributed by atoms with Crippen molar-refractivity contribution >= 4 is 17.5 Å². The molecule has 7 nitrogen and oxygen atoms in total. The van der Waals surface area contributed by atoms with Crippen molar-refractivity contribution < 1.29 is 23.8 Å². The first kappa shape index (κ1) is 19.8. The van der Waals surface area contributed by atoms with Crippen LogP contribution in [-0.4, -0.2) is 58.0 Å². The van der Waals surface area contributed by atoms with E-state index in [0.717, 1.165) is 11.3 Å². The Morgan fingerprint density at radius 1 is 1.16 bits per heavy atom. The SMILES string of the molecule is C[C@@H]1CN(C(=O)c2ccc(C3Nc4ccc(F)cc4O3)cc2)CCN1C(=O)C1(O)CC1. The number of benzene rings is 2. The number of hydrogen-bond acceptors (Lipinski definition) is 5. The summed E-state index contributed by atoms with van der Waals surface area (Å²) >= 11 is 0. The molecule has 3 aliphatic rings. The smallest absolute Gasteiger partial charge is 0.254 e. The summed E-state index contributed by atoms with van der Waals surface area (Å²) in [5, 5.41) is 13.3. The number of rotatable bonds is 3. The van der Waals surface area contributed by atoms with E-state index in [2.05, 4.69) is 5.32 Å². The van der Waals surface area contributed by atoms with Crippen molar-refractivity contribution in [2.24, 2.45) is 0 Å². The van der Waals surface area contributed by atoms with Gasteiger partial charge in [0.05, 0.1) is 5.69 Å². The molecule has 1 saturated heterocycles. The average molecular weight is 425 g/mol. The molecule has 0 aromatic heterocycles. The van der Waals surface area contributed by atoms with Gasteiger partial charge in [0.15, 0.2) is 6.23 Å². The molecule has 2 N–H and O–H groups in total. The molecule has 8 heteroatoms. The third-order valence-electron chi connectivity index (χ3n) is 6.23. The summed E-state index contributed by atoms with van der Waals surface area (Å²) in [7, 11) is 0. The van der Waals surface area contributed by atoms with Crippen LogP contribution in [0.3, 0.4) is 0 Å². The number of halogens is 1. The Bertz CT molecular complexity index is 1040. The van der Waals surface area contributed by atoms with Gasteiger partial charge in [-0.1, -0.05) is 12.1 Å². The van der Waals surface area contributed by atoms with Gasteiger partial charge in [-0.2, -0.15) is 0 Å². The molecular formula is C23H24FN3O4. The van der Waals surface area contributed by atoms with Crippen LogP contribution in [0.1, 0.15) is 41.9 Å². The fourth-order valence-electron chi connectivity index (χ4n) is 4.19. The van der Waals surface area contributed by atoms with Crippen LogP contribution < -0.4 is 10.1 Å². The maximum absolute atomic E-state index is 13.4. The van der Waals surface area contributed by atoms with Crippen molar-refractivity contribution in [2.75, 3.05) is 25.0 Å². The van der Waals surface area contributed by atoms with Gasteiger partial charge in [0.2, 0.25) is 0 Å². The Balaban J connectivity index is 1.22. The van der Waals surface area contributed by atoms with Crippen molar-refractivity contribution in [3.63, 3.8) is 0 Å². The molecule has 31 heavy (non-hydrogen) atoms. The maximum Gasteiger partial charge on any atom is 0.254 e. The van der Waals surface area contributed by atoms with Gasteiger partial charge < -0.3 is 25.0 Å². The van der Waals surface area contributed by atoms with Gasteiger partial charge in [0.1, 0.15) is 17.2 Å². The molecular weight excluding hydrogens is 401 g/mol. The first-order valence-electron chi connectivity index (χ1n) is 10.5. The van der Waals surface area contributed by atoms with Crippen molar-refractivity contribution in [2.45, 2.75) is 37.6 Å². The quantitative estimate of drug-likeness (QED) is 0.790. The van der Waals surface area contributed by atoms with Crippen LogP contribution in [0.2, 0.25) is 0 Å². The molecule has 162 valence electrons. The van der Waals surface area contributed by atoms with Crippen molar-refractivity contribution in [1.82, 2.24) is 9.80 Å². The fourth-order valence-corrected chi connectivity index (χ4v) is 4.19. The molecule has 1 saturated carbocycles. The average Bonchev–Trinajstić information content (AvgIpc) is 3.38. The minimum atomic E-state index is -1.18. The van der Waals surface area contributed by atoms with Gasteiger partial charge in [-0.15, -0.1) is 0 Å². The molecule has 5 rings (SSSR count). The lowest BCUT2D eigenvalue weighted by Gasteiger charge is -2.40. The molecule has 2 aromatic rings. The Morgan fingerprint density at radius 2 is 1.90 bits per heavy atom. The molecule has 2 fully saturated rings. The Hall–Kier alpha value is -3.13. The van der Waals surface area contributed by atoms with E-state index in [1.165, 1.54) is 12.1 Å². The first-order valence-corrected chi connectivity index (χ1v) is 10.5. The summed E-state index contributed by atoms with van der Waals surface area (Å²) < 4.78 is 19.2. The van der Waals surface area contributed by atoms with Gasteiger partial charge in [-0.3, -0.25) is 9.59 Å². The van der Waals surface area contributed by atoms with E-state index in [-0.39, 0.29) is 23.7 Å². The minimum absolute atomic E-state index is 0.0960. The van der Waals surface area contributed by atoms with Crippen molar-refractivity contribution in [1.29, 1.82) is 0 Å². The summed E-state index contributed by atoms with van der Waals surface area (Å²) in [5.74, 6) is -0.213.